The molecule has 0 aromatic heterocycles. The number of carboxylic acid groups (broad SMARTS) is 4. The molecule has 2 rings (SSSR count). The van der Waals surface area contributed by atoms with Crippen LogP contribution in [0.25, 0.3) is 0 Å². The molecule has 212 valence electrons. The number of carbonyl (C=O) groups is 5. The van der Waals surface area contributed by atoms with E-state index in [1.165, 1.54) is 0 Å². The zero-order valence-electron chi connectivity index (χ0n) is 20.8. The van der Waals surface area contributed by atoms with E-state index >= 15 is 0 Å². The van der Waals surface area contributed by atoms with Gasteiger partial charge in [0.15, 0.2) is 0 Å². The van der Waals surface area contributed by atoms with Gasteiger partial charge >= 0.3 is 6.09 Å². The van der Waals surface area contributed by atoms with Crippen LogP contribution >= 0.6 is 0 Å². The largest absolute Gasteiger partial charge is 0.481 e. The molecule has 1 aromatic rings. The predicted octanol–water partition coefficient (Wildman–Crippen LogP) is -0.554. The van der Waals surface area contributed by atoms with Gasteiger partial charge < -0.3 is 45.6 Å². The summed E-state index contributed by atoms with van der Waals surface area (Å²) in [5, 5.41) is 67.9. The fourth-order valence-electron chi connectivity index (χ4n) is 2.30. The predicted molar refractivity (Wildman–Crippen MR) is 125 cm³/mol. The fourth-order valence-corrected chi connectivity index (χ4v) is 2.30. The SMILES string of the molecule is CC(=O)O.CC(=O)O.CC(=O)O.CC(=O)O.O=C(OCc1ccccc1)N1C[C@H](O)[C@@H](O)[C@H](O)C1CO. The molecule has 0 bridgehead atoms. The Morgan fingerprint density at radius 2 is 1.16 bits per heavy atom. The third kappa shape index (κ3) is 23.7. The van der Waals surface area contributed by atoms with Gasteiger partial charge in [0.2, 0.25) is 0 Å². The number of hydrogen-bond donors (Lipinski definition) is 8. The lowest BCUT2D eigenvalue weighted by molar-refractivity contribution is -0.138. The number of rotatable bonds is 3. The summed E-state index contributed by atoms with van der Waals surface area (Å²) in [5.41, 5.74) is 0.796. The van der Waals surface area contributed by atoms with E-state index in [0.29, 0.717) is 0 Å². The molecule has 15 heteroatoms. The van der Waals surface area contributed by atoms with Crippen LogP contribution in [-0.4, -0.2) is 113 Å². The molecular formula is C22H35NO14. The highest BCUT2D eigenvalue weighted by Crippen LogP contribution is 2.20. The highest BCUT2D eigenvalue weighted by atomic mass is 16.6. The quantitative estimate of drug-likeness (QED) is 0.240. The first kappa shape index (κ1) is 37.8. The summed E-state index contributed by atoms with van der Waals surface area (Å²) in [7, 11) is 0. The van der Waals surface area contributed by atoms with Crippen LogP contribution in [0.3, 0.4) is 0 Å². The molecule has 1 aromatic carbocycles. The van der Waals surface area contributed by atoms with Crippen molar-refractivity contribution in [2.45, 2.75) is 58.7 Å². The lowest BCUT2D eigenvalue weighted by Gasteiger charge is -2.42. The highest BCUT2D eigenvalue weighted by molar-refractivity contribution is 5.68. The molecule has 0 aliphatic carbocycles. The smallest absolute Gasteiger partial charge is 0.410 e. The van der Waals surface area contributed by atoms with Crippen LogP contribution in [0, 0.1) is 0 Å². The lowest BCUT2D eigenvalue weighted by atomic mass is 9.95. The van der Waals surface area contributed by atoms with Gasteiger partial charge in [-0.2, -0.15) is 0 Å². The monoisotopic (exact) mass is 537 g/mol. The molecule has 15 nitrogen and oxygen atoms in total. The van der Waals surface area contributed by atoms with Crippen molar-refractivity contribution in [2.24, 2.45) is 0 Å². The van der Waals surface area contributed by atoms with Gasteiger partial charge in [-0.15, -0.1) is 0 Å². The molecule has 1 fully saturated rings. The van der Waals surface area contributed by atoms with Crippen molar-refractivity contribution in [1.29, 1.82) is 0 Å². The molecule has 4 atom stereocenters. The van der Waals surface area contributed by atoms with Crippen LogP contribution in [0.4, 0.5) is 4.79 Å². The van der Waals surface area contributed by atoms with Crippen LogP contribution in [0.5, 0.6) is 0 Å². The van der Waals surface area contributed by atoms with Gasteiger partial charge in [0.05, 0.1) is 19.2 Å². The first-order chi connectivity index (χ1) is 17.0. The summed E-state index contributed by atoms with van der Waals surface area (Å²) < 4.78 is 5.10. The van der Waals surface area contributed by atoms with Crippen LogP contribution in [-0.2, 0) is 30.5 Å². The van der Waals surface area contributed by atoms with Gasteiger partial charge in [-0.25, -0.2) is 4.79 Å². The second-order valence-corrected chi connectivity index (χ2v) is 7.07. The van der Waals surface area contributed by atoms with Gasteiger partial charge in [-0.05, 0) is 5.56 Å². The lowest BCUT2D eigenvalue weighted by Crippen LogP contribution is -2.63. The molecule has 1 saturated heterocycles. The zero-order chi connectivity index (χ0) is 29.7. The van der Waals surface area contributed by atoms with Crippen molar-refractivity contribution in [1.82, 2.24) is 4.90 Å². The molecular weight excluding hydrogens is 502 g/mol. The maximum Gasteiger partial charge on any atom is 0.410 e. The summed E-state index contributed by atoms with van der Waals surface area (Å²) in [6.07, 6.45) is -4.88. The number of benzene rings is 1. The minimum atomic E-state index is -1.43. The highest BCUT2D eigenvalue weighted by Gasteiger charge is 2.43. The van der Waals surface area contributed by atoms with Crippen molar-refractivity contribution in [3.63, 3.8) is 0 Å². The number of aliphatic carboxylic acids is 4. The molecule has 37 heavy (non-hydrogen) atoms. The second kappa shape index (κ2) is 21.5. The summed E-state index contributed by atoms with van der Waals surface area (Å²) in [4.78, 5) is 49.1. The fraction of sp³-hybridized carbons (Fsp3) is 0.500. The Morgan fingerprint density at radius 3 is 1.51 bits per heavy atom. The number of β-amino-alcohol motifs (C(OH)–C–C–N with tert-alkyl or cyclic N) is 1. The summed E-state index contributed by atoms with van der Waals surface area (Å²) >= 11 is 0. The number of hydrogen-bond acceptors (Lipinski definition) is 10. The third-order valence-corrected chi connectivity index (χ3v) is 3.55. The Kier molecular flexibility index (Phi) is 21.9. The number of aliphatic hydroxyl groups is 4. The van der Waals surface area contributed by atoms with E-state index in [0.717, 1.165) is 38.2 Å². The standard InChI is InChI=1S/C14H19NO6.4C2H4O2/c16-7-10-12(18)13(19)11(17)6-15(10)14(20)21-8-9-4-2-1-3-5-9;4*1-2(3)4/h1-5,10-13,16-19H,6-8H2;4*1H3,(H,3,4)/t10?,11-,12+,13+;;;;/m0..../s1. The summed E-state index contributed by atoms with van der Waals surface area (Å²) in [6.45, 7) is 3.63. The van der Waals surface area contributed by atoms with Gasteiger partial charge in [0.1, 0.15) is 24.9 Å². The Labute approximate surface area is 212 Å². The van der Waals surface area contributed by atoms with Crippen LogP contribution in [0.1, 0.15) is 33.3 Å². The number of piperidine rings is 1. The van der Waals surface area contributed by atoms with E-state index in [1.54, 1.807) is 12.1 Å². The normalized spacial score (nSPS) is 19.3. The number of ether oxygens (including phenoxy) is 1. The van der Waals surface area contributed by atoms with Crippen LogP contribution in [0.15, 0.2) is 30.3 Å². The Morgan fingerprint density at radius 1 is 0.784 bits per heavy atom. The van der Waals surface area contributed by atoms with E-state index in [2.05, 4.69) is 0 Å². The van der Waals surface area contributed by atoms with Gasteiger partial charge in [0.25, 0.3) is 23.9 Å². The van der Waals surface area contributed by atoms with E-state index < -0.39 is 60.9 Å². The maximum absolute atomic E-state index is 12.0. The Hall–Kier alpha value is -3.79. The van der Waals surface area contributed by atoms with E-state index in [1.807, 2.05) is 18.2 Å². The van der Waals surface area contributed by atoms with Crippen LogP contribution in [0.2, 0.25) is 0 Å². The Balaban J connectivity index is -0.000000591. The van der Waals surface area contributed by atoms with Gasteiger partial charge in [-0.1, -0.05) is 30.3 Å². The zero-order valence-corrected chi connectivity index (χ0v) is 20.8. The topological polar surface area (TPSA) is 260 Å². The molecule has 1 aliphatic heterocycles. The number of likely N-dealkylation sites (tertiary alicyclic amines) is 1. The second-order valence-electron chi connectivity index (χ2n) is 7.07. The maximum atomic E-state index is 12.0. The Bertz CT molecular complexity index is 753. The van der Waals surface area contributed by atoms with Crippen molar-refractivity contribution in [3.05, 3.63) is 35.9 Å². The molecule has 1 unspecified atom stereocenters. The van der Waals surface area contributed by atoms with Gasteiger partial charge in [0, 0.05) is 27.7 Å². The summed E-state index contributed by atoms with van der Waals surface area (Å²) in [6, 6.07) is 8.04. The number of aliphatic hydroxyl groups excluding tert-OH is 4. The van der Waals surface area contributed by atoms with E-state index in [9.17, 15) is 25.2 Å². The number of carboxylic acids is 4. The summed E-state index contributed by atoms with van der Waals surface area (Å²) in [5.74, 6) is -3.33. The number of amides is 1. The van der Waals surface area contributed by atoms with Crippen molar-refractivity contribution in [3.8, 4) is 0 Å². The van der Waals surface area contributed by atoms with Crippen molar-refractivity contribution in [2.75, 3.05) is 13.2 Å². The molecule has 0 saturated carbocycles. The average Bonchev–Trinajstić information content (AvgIpc) is 2.75. The van der Waals surface area contributed by atoms with Crippen molar-refractivity contribution >= 4 is 30.0 Å². The molecule has 1 amide bonds. The van der Waals surface area contributed by atoms with Crippen molar-refractivity contribution < 1.29 is 69.6 Å². The average molecular weight is 538 g/mol. The van der Waals surface area contributed by atoms with Gasteiger partial charge in [-0.3, -0.25) is 24.1 Å². The first-order valence-corrected chi connectivity index (χ1v) is 10.4. The molecule has 8 N–H and O–H groups in total. The number of carbonyl (C=O) groups excluding carboxylic acids is 1. The molecule has 0 spiro atoms. The third-order valence-electron chi connectivity index (χ3n) is 3.55. The van der Waals surface area contributed by atoms with E-state index in [4.69, 9.17) is 44.3 Å². The van der Waals surface area contributed by atoms with Crippen LogP contribution < -0.4 is 0 Å². The minimum absolute atomic E-state index is 0.0447. The molecule has 1 heterocycles. The number of nitrogens with zero attached hydrogens (tertiary/aromatic N) is 1. The van der Waals surface area contributed by atoms with E-state index in [-0.39, 0.29) is 13.2 Å². The molecule has 1 aliphatic rings. The molecule has 0 radical (unpaired) electrons. The minimum Gasteiger partial charge on any atom is -0.481 e. The first-order valence-electron chi connectivity index (χ1n) is 10.4.